The van der Waals surface area contributed by atoms with Crippen LogP contribution in [0.5, 0.6) is 5.75 Å². The first-order valence-corrected chi connectivity index (χ1v) is 11.7. The SMILES string of the molecule is CCC[NH+](CC[C@@H](c1ccccc1)[C@@H]1CCOC(C)(C)C1)Cc1ccc(OC)cc1. The van der Waals surface area contributed by atoms with Crippen LogP contribution in [0.3, 0.4) is 0 Å². The lowest BCUT2D eigenvalue weighted by Gasteiger charge is -2.39. The van der Waals surface area contributed by atoms with Crippen molar-refractivity contribution in [3.05, 3.63) is 65.7 Å². The van der Waals surface area contributed by atoms with E-state index < -0.39 is 0 Å². The highest BCUT2D eigenvalue weighted by Crippen LogP contribution is 2.39. The van der Waals surface area contributed by atoms with Crippen LogP contribution in [0.25, 0.3) is 0 Å². The van der Waals surface area contributed by atoms with Gasteiger partial charge in [0.05, 0.1) is 25.8 Å². The van der Waals surface area contributed by atoms with Crippen LogP contribution in [0.2, 0.25) is 0 Å². The Balaban J connectivity index is 1.70. The summed E-state index contributed by atoms with van der Waals surface area (Å²) in [5.41, 5.74) is 2.89. The topological polar surface area (TPSA) is 22.9 Å². The molecule has 3 nitrogen and oxygen atoms in total. The van der Waals surface area contributed by atoms with Gasteiger partial charge >= 0.3 is 0 Å². The lowest BCUT2D eigenvalue weighted by molar-refractivity contribution is -0.914. The molecule has 1 aliphatic heterocycles. The van der Waals surface area contributed by atoms with Crippen LogP contribution in [0.1, 0.15) is 63.5 Å². The van der Waals surface area contributed by atoms with Crippen LogP contribution in [0.4, 0.5) is 0 Å². The van der Waals surface area contributed by atoms with E-state index in [1.807, 2.05) is 0 Å². The number of hydrogen-bond donors (Lipinski definition) is 1. The van der Waals surface area contributed by atoms with Crippen LogP contribution >= 0.6 is 0 Å². The van der Waals surface area contributed by atoms with E-state index in [0.29, 0.717) is 11.8 Å². The Kier molecular flexibility index (Phi) is 8.35. The van der Waals surface area contributed by atoms with Gasteiger partial charge in [0, 0.05) is 18.6 Å². The molecular formula is C27H40NO2+. The van der Waals surface area contributed by atoms with E-state index in [1.54, 1.807) is 12.0 Å². The summed E-state index contributed by atoms with van der Waals surface area (Å²) < 4.78 is 11.3. The second kappa shape index (κ2) is 11.0. The smallest absolute Gasteiger partial charge is 0.118 e. The monoisotopic (exact) mass is 410 g/mol. The summed E-state index contributed by atoms with van der Waals surface area (Å²) in [6.45, 7) is 11.2. The predicted molar refractivity (Wildman–Crippen MR) is 124 cm³/mol. The maximum Gasteiger partial charge on any atom is 0.118 e. The molecule has 2 aromatic carbocycles. The second-order valence-corrected chi connectivity index (χ2v) is 9.44. The maximum absolute atomic E-state index is 6.03. The third-order valence-corrected chi connectivity index (χ3v) is 6.56. The van der Waals surface area contributed by atoms with Crippen molar-refractivity contribution < 1.29 is 14.4 Å². The quantitative estimate of drug-likeness (QED) is 0.604. The van der Waals surface area contributed by atoms with Crippen molar-refractivity contribution in [2.45, 2.75) is 64.5 Å². The van der Waals surface area contributed by atoms with Crippen LogP contribution in [0, 0.1) is 5.92 Å². The van der Waals surface area contributed by atoms with E-state index in [4.69, 9.17) is 9.47 Å². The number of nitrogens with one attached hydrogen (secondary N) is 1. The van der Waals surface area contributed by atoms with E-state index in [9.17, 15) is 0 Å². The molecule has 1 saturated heterocycles. The molecule has 164 valence electrons. The standard InChI is InChI=1S/C27H39NO2/c1-5-17-28(21-22-11-13-25(29-4)14-12-22)18-15-26(23-9-7-6-8-10-23)24-16-19-30-27(2,3)20-24/h6-14,24,26H,5,15-21H2,1-4H3/p+1/t24-,26+/m1/s1. The summed E-state index contributed by atoms with van der Waals surface area (Å²) in [6, 6.07) is 19.8. The molecule has 2 aromatic rings. The van der Waals surface area contributed by atoms with Crippen LogP contribution in [-0.2, 0) is 11.3 Å². The first-order valence-electron chi connectivity index (χ1n) is 11.7. The molecule has 0 aromatic heterocycles. The fraction of sp³-hybridized carbons (Fsp3) is 0.556. The molecule has 0 radical (unpaired) electrons. The first kappa shape index (κ1) is 22.8. The van der Waals surface area contributed by atoms with Crippen molar-refractivity contribution in [3.8, 4) is 5.75 Å². The highest BCUT2D eigenvalue weighted by Gasteiger charge is 2.34. The Labute approximate surface area is 183 Å². The molecule has 1 aliphatic rings. The molecule has 0 spiro atoms. The molecule has 0 amide bonds. The van der Waals surface area contributed by atoms with Gasteiger partial charge in [-0.3, -0.25) is 0 Å². The summed E-state index contributed by atoms with van der Waals surface area (Å²) in [6.07, 6.45) is 4.76. The Morgan fingerprint density at radius 1 is 1.07 bits per heavy atom. The Hall–Kier alpha value is -1.84. The second-order valence-electron chi connectivity index (χ2n) is 9.44. The van der Waals surface area contributed by atoms with Crippen LogP contribution in [-0.4, -0.2) is 32.4 Å². The average Bonchev–Trinajstić information content (AvgIpc) is 2.74. The lowest BCUT2D eigenvalue weighted by atomic mass is 9.75. The van der Waals surface area contributed by atoms with Gasteiger partial charge in [-0.15, -0.1) is 0 Å². The largest absolute Gasteiger partial charge is 0.497 e. The van der Waals surface area contributed by atoms with Crippen LogP contribution in [0.15, 0.2) is 54.6 Å². The summed E-state index contributed by atoms with van der Waals surface area (Å²) in [4.78, 5) is 1.68. The third kappa shape index (κ3) is 6.58. The van der Waals surface area contributed by atoms with Crippen molar-refractivity contribution in [2.75, 3.05) is 26.8 Å². The number of benzene rings is 2. The van der Waals surface area contributed by atoms with Crippen molar-refractivity contribution in [1.82, 2.24) is 0 Å². The summed E-state index contributed by atoms with van der Waals surface area (Å²) in [5, 5.41) is 0. The molecular weight excluding hydrogens is 370 g/mol. The summed E-state index contributed by atoms with van der Waals surface area (Å²) in [7, 11) is 1.73. The number of ether oxygens (including phenoxy) is 2. The van der Waals surface area contributed by atoms with E-state index in [2.05, 4.69) is 75.4 Å². The molecule has 0 aliphatic carbocycles. The highest BCUT2D eigenvalue weighted by atomic mass is 16.5. The maximum atomic E-state index is 6.03. The number of rotatable bonds is 10. The van der Waals surface area contributed by atoms with Gasteiger partial charge in [0.1, 0.15) is 12.3 Å². The zero-order chi connectivity index (χ0) is 21.4. The molecule has 1 N–H and O–H groups in total. The number of methoxy groups -OCH3 is 1. The minimum Gasteiger partial charge on any atom is -0.497 e. The normalized spacial score (nSPS) is 20.5. The van der Waals surface area contributed by atoms with E-state index in [-0.39, 0.29) is 5.60 Å². The van der Waals surface area contributed by atoms with E-state index >= 15 is 0 Å². The zero-order valence-electron chi connectivity index (χ0n) is 19.3. The fourth-order valence-electron chi connectivity index (χ4n) is 5.04. The minimum absolute atomic E-state index is 0.00496. The average molecular weight is 411 g/mol. The van der Waals surface area contributed by atoms with Gasteiger partial charge in [0.25, 0.3) is 0 Å². The molecule has 1 heterocycles. The molecule has 3 rings (SSSR count). The third-order valence-electron chi connectivity index (χ3n) is 6.56. The molecule has 3 atom stereocenters. The highest BCUT2D eigenvalue weighted by molar-refractivity contribution is 5.26. The molecule has 1 unspecified atom stereocenters. The van der Waals surface area contributed by atoms with Gasteiger partial charge in [-0.05, 0) is 74.8 Å². The molecule has 30 heavy (non-hydrogen) atoms. The van der Waals surface area contributed by atoms with E-state index in [0.717, 1.165) is 25.3 Å². The van der Waals surface area contributed by atoms with Gasteiger partial charge in [-0.25, -0.2) is 0 Å². The van der Waals surface area contributed by atoms with Crippen molar-refractivity contribution >= 4 is 0 Å². The van der Waals surface area contributed by atoms with Gasteiger partial charge < -0.3 is 14.4 Å². The van der Waals surface area contributed by atoms with Crippen molar-refractivity contribution in [1.29, 1.82) is 0 Å². The molecule has 0 bridgehead atoms. The zero-order valence-corrected chi connectivity index (χ0v) is 19.3. The van der Waals surface area contributed by atoms with Crippen molar-refractivity contribution in [3.63, 3.8) is 0 Å². The first-order chi connectivity index (χ1) is 14.5. The van der Waals surface area contributed by atoms with Gasteiger partial charge in [-0.1, -0.05) is 37.3 Å². The summed E-state index contributed by atoms with van der Waals surface area (Å²) >= 11 is 0. The predicted octanol–water partition coefficient (Wildman–Crippen LogP) is 4.87. The van der Waals surface area contributed by atoms with E-state index in [1.165, 1.54) is 43.5 Å². The Bertz CT molecular complexity index is 741. The Morgan fingerprint density at radius 3 is 2.43 bits per heavy atom. The summed E-state index contributed by atoms with van der Waals surface area (Å²) in [5.74, 6) is 2.24. The van der Waals surface area contributed by atoms with Crippen molar-refractivity contribution in [2.24, 2.45) is 5.92 Å². The molecule has 1 fully saturated rings. The fourth-order valence-corrected chi connectivity index (χ4v) is 5.04. The van der Waals surface area contributed by atoms with Gasteiger partial charge in [0.15, 0.2) is 0 Å². The number of hydrogen-bond acceptors (Lipinski definition) is 2. The van der Waals surface area contributed by atoms with Crippen LogP contribution < -0.4 is 9.64 Å². The minimum atomic E-state index is -0.00496. The molecule has 0 saturated carbocycles. The van der Waals surface area contributed by atoms with Gasteiger partial charge in [-0.2, -0.15) is 0 Å². The number of quaternary nitrogens is 1. The van der Waals surface area contributed by atoms with Gasteiger partial charge in [0.2, 0.25) is 0 Å². The lowest BCUT2D eigenvalue weighted by Crippen LogP contribution is -3.10. The molecule has 3 heteroatoms. The Morgan fingerprint density at radius 2 is 1.80 bits per heavy atom.